The Labute approximate surface area is 181 Å². The average molecular weight is 492 g/mol. The first-order valence-electron chi connectivity index (χ1n) is 9.88. The number of aryl methyl sites for hydroxylation is 3. The third-order valence-corrected chi connectivity index (χ3v) is 4.79. The van der Waals surface area contributed by atoms with Crippen molar-refractivity contribution in [1.82, 2.24) is 25.3 Å². The van der Waals surface area contributed by atoms with Gasteiger partial charge in [-0.05, 0) is 47.1 Å². The maximum Gasteiger partial charge on any atom is 0.191 e. The molecule has 1 aromatic heterocycles. The first-order chi connectivity index (χ1) is 12.5. The predicted octanol–water partition coefficient (Wildman–Crippen LogP) is 2.17. The lowest BCUT2D eigenvalue weighted by Gasteiger charge is -2.37. The monoisotopic (exact) mass is 492 g/mol. The number of aromatic nitrogens is 2. The van der Waals surface area contributed by atoms with Crippen molar-refractivity contribution < 1.29 is 4.74 Å². The Morgan fingerprint density at radius 3 is 2.81 bits per heavy atom. The van der Waals surface area contributed by atoms with E-state index in [2.05, 4.69) is 59.1 Å². The summed E-state index contributed by atoms with van der Waals surface area (Å²) in [6.45, 7) is 16.8. The van der Waals surface area contributed by atoms with Crippen molar-refractivity contribution >= 4 is 29.9 Å². The second kappa shape index (κ2) is 12.6. The van der Waals surface area contributed by atoms with Crippen LogP contribution in [0.15, 0.2) is 11.1 Å². The molecular weight excluding hydrogens is 455 g/mol. The van der Waals surface area contributed by atoms with Crippen molar-refractivity contribution in [1.29, 1.82) is 0 Å². The van der Waals surface area contributed by atoms with Gasteiger partial charge in [0.2, 0.25) is 0 Å². The third kappa shape index (κ3) is 7.95. The molecule has 0 aliphatic carbocycles. The van der Waals surface area contributed by atoms with E-state index in [0.717, 1.165) is 64.0 Å². The normalized spacial score (nSPS) is 19.4. The number of ether oxygens (including phenoxy) is 1. The third-order valence-electron chi connectivity index (χ3n) is 4.79. The fraction of sp³-hybridized carbons (Fsp3) is 0.789. The van der Waals surface area contributed by atoms with Gasteiger partial charge in [-0.1, -0.05) is 0 Å². The molecule has 0 spiro atoms. The number of rotatable bonds is 8. The van der Waals surface area contributed by atoms with Gasteiger partial charge in [0, 0.05) is 44.0 Å². The van der Waals surface area contributed by atoms with Crippen molar-refractivity contribution in [3.63, 3.8) is 0 Å². The van der Waals surface area contributed by atoms with Gasteiger partial charge < -0.3 is 15.4 Å². The van der Waals surface area contributed by atoms with E-state index in [1.54, 1.807) is 0 Å². The van der Waals surface area contributed by atoms with Crippen molar-refractivity contribution in [2.75, 3.05) is 39.4 Å². The van der Waals surface area contributed by atoms with Gasteiger partial charge in [0.15, 0.2) is 5.96 Å². The van der Waals surface area contributed by atoms with Crippen LogP contribution in [0.4, 0.5) is 0 Å². The quantitative estimate of drug-likeness (QED) is 0.252. The highest BCUT2D eigenvalue weighted by molar-refractivity contribution is 14.0. The lowest BCUT2D eigenvalue weighted by Crippen LogP contribution is -2.49. The lowest BCUT2D eigenvalue weighted by molar-refractivity contribution is -0.0165. The fourth-order valence-corrected chi connectivity index (χ4v) is 3.40. The molecular formula is C19H37IN6O. The van der Waals surface area contributed by atoms with Crippen molar-refractivity contribution in [2.24, 2.45) is 4.99 Å². The molecule has 0 aromatic carbocycles. The highest BCUT2D eigenvalue weighted by atomic mass is 127. The van der Waals surface area contributed by atoms with Crippen LogP contribution in [-0.2, 0) is 11.3 Å². The summed E-state index contributed by atoms with van der Waals surface area (Å²) in [5.41, 5.74) is 2.30. The van der Waals surface area contributed by atoms with Crippen LogP contribution in [0.25, 0.3) is 0 Å². The van der Waals surface area contributed by atoms with Crippen LogP contribution in [0.1, 0.15) is 38.6 Å². The molecule has 156 valence electrons. The molecule has 8 heteroatoms. The van der Waals surface area contributed by atoms with Crippen molar-refractivity contribution in [3.05, 3.63) is 17.5 Å². The van der Waals surface area contributed by atoms with E-state index in [0.29, 0.717) is 12.1 Å². The molecule has 2 atom stereocenters. The smallest absolute Gasteiger partial charge is 0.191 e. The molecule has 1 aliphatic heterocycles. The van der Waals surface area contributed by atoms with E-state index >= 15 is 0 Å². The predicted molar refractivity (Wildman–Crippen MR) is 122 cm³/mol. The molecule has 1 fully saturated rings. The molecule has 2 rings (SSSR count). The standard InChI is InChI=1S/C19H36N6O.HI/c1-6-20-19(21-8-7-9-25-16(3)12-15(2)23-25)22-13-17(4)24-10-11-26-14-18(24)5;/h12,17-18H,6-11,13-14H2,1-5H3,(H2,20,21,22);1H. The highest BCUT2D eigenvalue weighted by Crippen LogP contribution is 2.10. The largest absolute Gasteiger partial charge is 0.379 e. The summed E-state index contributed by atoms with van der Waals surface area (Å²) in [5, 5.41) is 11.3. The van der Waals surface area contributed by atoms with E-state index in [4.69, 9.17) is 9.73 Å². The average Bonchev–Trinajstić information content (AvgIpc) is 2.94. The fourth-order valence-electron chi connectivity index (χ4n) is 3.40. The van der Waals surface area contributed by atoms with Gasteiger partial charge in [0.1, 0.15) is 0 Å². The maximum atomic E-state index is 5.53. The zero-order valence-electron chi connectivity index (χ0n) is 17.5. The van der Waals surface area contributed by atoms with E-state index in [1.807, 2.05) is 6.92 Å². The Morgan fingerprint density at radius 1 is 1.41 bits per heavy atom. The van der Waals surface area contributed by atoms with Gasteiger partial charge in [-0.2, -0.15) is 5.10 Å². The first kappa shape index (κ1) is 24.2. The number of hydrogen-bond acceptors (Lipinski definition) is 4. The minimum atomic E-state index is 0. The molecule has 2 N–H and O–H groups in total. The summed E-state index contributed by atoms with van der Waals surface area (Å²) in [4.78, 5) is 7.26. The number of guanidine groups is 1. The van der Waals surface area contributed by atoms with Gasteiger partial charge in [0.25, 0.3) is 0 Å². The van der Waals surface area contributed by atoms with E-state index in [-0.39, 0.29) is 24.0 Å². The minimum absolute atomic E-state index is 0. The van der Waals surface area contributed by atoms with Gasteiger partial charge >= 0.3 is 0 Å². The Kier molecular flexibility index (Phi) is 11.2. The molecule has 0 amide bonds. The molecule has 0 saturated carbocycles. The number of nitrogens with one attached hydrogen (secondary N) is 2. The second-order valence-corrected chi connectivity index (χ2v) is 7.16. The van der Waals surface area contributed by atoms with E-state index < -0.39 is 0 Å². The van der Waals surface area contributed by atoms with Crippen LogP contribution in [-0.4, -0.2) is 72.1 Å². The number of hydrogen-bond donors (Lipinski definition) is 2. The lowest BCUT2D eigenvalue weighted by atomic mass is 10.2. The molecule has 1 aromatic rings. The molecule has 1 saturated heterocycles. The molecule has 2 unspecified atom stereocenters. The summed E-state index contributed by atoms with van der Waals surface area (Å²) < 4.78 is 7.60. The number of morpholine rings is 1. The summed E-state index contributed by atoms with van der Waals surface area (Å²) in [5.74, 6) is 0.897. The Bertz CT molecular complexity index is 577. The minimum Gasteiger partial charge on any atom is -0.379 e. The van der Waals surface area contributed by atoms with Crippen molar-refractivity contribution in [2.45, 2.75) is 59.7 Å². The molecule has 27 heavy (non-hydrogen) atoms. The van der Waals surface area contributed by atoms with Crippen LogP contribution in [0.2, 0.25) is 0 Å². The van der Waals surface area contributed by atoms with Gasteiger partial charge in [-0.15, -0.1) is 24.0 Å². The molecule has 7 nitrogen and oxygen atoms in total. The van der Waals surface area contributed by atoms with Gasteiger partial charge in [-0.25, -0.2) is 0 Å². The summed E-state index contributed by atoms with van der Waals surface area (Å²) in [6, 6.07) is 3.00. The molecule has 0 radical (unpaired) electrons. The molecule has 1 aliphatic rings. The van der Waals surface area contributed by atoms with Crippen LogP contribution in [0.3, 0.4) is 0 Å². The Morgan fingerprint density at radius 2 is 2.19 bits per heavy atom. The van der Waals surface area contributed by atoms with Crippen LogP contribution >= 0.6 is 24.0 Å². The second-order valence-electron chi connectivity index (χ2n) is 7.16. The summed E-state index contributed by atoms with van der Waals surface area (Å²) >= 11 is 0. The van der Waals surface area contributed by atoms with Crippen LogP contribution < -0.4 is 10.6 Å². The Hall–Kier alpha value is -0.870. The molecule has 2 heterocycles. The highest BCUT2D eigenvalue weighted by Gasteiger charge is 2.23. The summed E-state index contributed by atoms with van der Waals surface area (Å²) in [7, 11) is 0. The Balaban J connectivity index is 0.00000364. The summed E-state index contributed by atoms with van der Waals surface area (Å²) in [6.07, 6.45) is 1.02. The SMILES string of the molecule is CCNC(=NCC(C)N1CCOCC1C)NCCCn1nc(C)cc1C.I. The number of nitrogens with zero attached hydrogens (tertiary/aromatic N) is 4. The topological polar surface area (TPSA) is 66.7 Å². The van der Waals surface area contributed by atoms with Gasteiger partial charge in [0.05, 0.1) is 25.5 Å². The number of aliphatic imine (C=N–C) groups is 1. The van der Waals surface area contributed by atoms with Gasteiger partial charge in [-0.3, -0.25) is 14.6 Å². The van der Waals surface area contributed by atoms with E-state index in [1.165, 1.54) is 5.69 Å². The van der Waals surface area contributed by atoms with Crippen LogP contribution in [0.5, 0.6) is 0 Å². The first-order valence-corrected chi connectivity index (χ1v) is 9.88. The number of halogens is 1. The maximum absolute atomic E-state index is 5.53. The van der Waals surface area contributed by atoms with Crippen molar-refractivity contribution in [3.8, 4) is 0 Å². The zero-order valence-corrected chi connectivity index (χ0v) is 19.8. The molecule has 0 bridgehead atoms. The van der Waals surface area contributed by atoms with Crippen LogP contribution in [0, 0.1) is 13.8 Å². The van der Waals surface area contributed by atoms with E-state index in [9.17, 15) is 0 Å². The zero-order chi connectivity index (χ0) is 18.9.